The number of carbonyl (C=O) groups is 2. The van der Waals surface area contributed by atoms with E-state index in [-0.39, 0.29) is 18.9 Å². The second-order valence-electron chi connectivity index (χ2n) is 6.21. The van der Waals surface area contributed by atoms with Gasteiger partial charge in [-0.3, -0.25) is 9.59 Å². The molecular weight excluding hydrogens is 384 g/mol. The smallest absolute Gasteiger partial charge is 0.310 e. The molecule has 8 nitrogen and oxygen atoms in total. The van der Waals surface area contributed by atoms with Crippen LogP contribution in [-0.2, 0) is 20.7 Å². The first-order chi connectivity index (χ1) is 13.6. The summed E-state index contributed by atoms with van der Waals surface area (Å²) in [6.45, 7) is 2.02. The van der Waals surface area contributed by atoms with Crippen LogP contribution >= 0.6 is 11.6 Å². The molecule has 1 aromatic heterocycles. The third-order valence-electron chi connectivity index (χ3n) is 4.40. The second kappa shape index (κ2) is 9.36. The number of nitrogens with zero attached hydrogens (tertiary/aromatic N) is 4. The lowest BCUT2D eigenvalue weighted by Crippen LogP contribution is -2.50. The first-order valence-electron chi connectivity index (χ1n) is 8.84. The number of benzene rings is 1. The summed E-state index contributed by atoms with van der Waals surface area (Å²) in [5, 5.41) is 0.500. The Morgan fingerprint density at radius 2 is 1.86 bits per heavy atom. The van der Waals surface area contributed by atoms with E-state index in [4.69, 9.17) is 21.1 Å². The number of ether oxygens (including phenoxy) is 2. The van der Waals surface area contributed by atoms with Crippen LogP contribution in [0.1, 0.15) is 5.56 Å². The van der Waals surface area contributed by atoms with E-state index in [0.29, 0.717) is 48.5 Å². The summed E-state index contributed by atoms with van der Waals surface area (Å²) in [5.41, 5.74) is 0.615. The fraction of sp³-hybridized carbons (Fsp3) is 0.368. The van der Waals surface area contributed by atoms with Crippen molar-refractivity contribution in [1.29, 1.82) is 0 Å². The number of aromatic nitrogens is 2. The minimum Gasteiger partial charge on any atom is -0.496 e. The van der Waals surface area contributed by atoms with Crippen molar-refractivity contribution in [3.63, 3.8) is 0 Å². The number of hydrogen-bond donors (Lipinski definition) is 0. The summed E-state index contributed by atoms with van der Waals surface area (Å²) in [5.74, 6) is 0.466. The van der Waals surface area contributed by atoms with E-state index in [2.05, 4.69) is 9.97 Å². The molecule has 2 heterocycles. The van der Waals surface area contributed by atoms with Gasteiger partial charge in [0, 0.05) is 49.2 Å². The SMILES string of the molecule is COc1ccc(Cl)cc1CC(=O)OCC(=O)N1CCN(c2ncccn2)CC1. The number of esters is 1. The number of carbonyl (C=O) groups excluding carboxylic acids is 2. The lowest BCUT2D eigenvalue weighted by molar-refractivity contribution is -0.151. The molecule has 1 saturated heterocycles. The van der Waals surface area contributed by atoms with Gasteiger partial charge < -0.3 is 19.3 Å². The quantitative estimate of drug-likeness (QED) is 0.675. The number of piperazine rings is 1. The highest BCUT2D eigenvalue weighted by Crippen LogP contribution is 2.23. The maximum Gasteiger partial charge on any atom is 0.310 e. The van der Waals surface area contributed by atoms with Crippen LogP contribution in [0.3, 0.4) is 0 Å². The summed E-state index contributed by atoms with van der Waals surface area (Å²) in [7, 11) is 1.52. The lowest BCUT2D eigenvalue weighted by Gasteiger charge is -2.34. The minimum absolute atomic E-state index is 0.0177. The van der Waals surface area contributed by atoms with Crippen molar-refractivity contribution < 1.29 is 19.1 Å². The van der Waals surface area contributed by atoms with Crippen LogP contribution in [0.15, 0.2) is 36.7 Å². The molecule has 0 aliphatic carbocycles. The fourth-order valence-corrected chi connectivity index (χ4v) is 3.13. The van der Waals surface area contributed by atoms with Gasteiger partial charge in [0.1, 0.15) is 5.75 Å². The fourth-order valence-electron chi connectivity index (χ4n) is 2.94. The Hall–Kier alpha value is -2.87. The third kappa shape index (κ3) is 5.10. The van der Waals surface area contributed by atoms with Crippen molar-refractivity contribution in [2.24, 2.45) is 0 Å². The van der Waals surface area contributed by atoms with Crippen LogP contribution in [0.5, 0.6) is 5.75 Å². The van der Waals surface area contributed by atoms with Crippen LogP contribution in [0.25, 0.3) is 0 Å². The van der Waals surface area contributed by atoms with Crippen LogP contribution in [-0.4, -0.2) is 66.6 Å². The minimum atomic E-state index is -0.509. The van der Waals surface area contributed by atoms with Crippen molar-refractivity contribution in [2.45, 2.75) is 6.42 Å². The monoisotopic (exact) mass is 404 g/mol. The Kier molecular flexibility index (Phi) is 6.65. The van der Waals surface area contributed by atoms with Crippen molar-refractivity contribution >= 4 is 29.4 Å². The van der Waals surface area contributed by atoms with Gasteiger partial charge in [0.15, 0.2) is 6.61 Å². The van der Waals surface area contributed by atoms with E-state index >= 15 is 0 Å². The molecule has 3 rings (SSSR count). The molecule has 0 N–H and O–H groups in total. The van der Waals surface area contributed by atoms with Gasteiger partial charge in [-0.2, -0.15) is 0 Å². The molecule has 1 aliphatic rings. The largest absolute Gasteiger partial charge is 0.496 e. The van der Waals surface area contributed by atoms with Gasteiger partial charge in [-0.15, -0.1) is 0 Å². The normalized spacial score (nSPS) is 13.9. The van der Waals surface area contributed by atoms with Crippen LogP contribution in [0.4, 0.5) is 5.95 Å². The summed E-state index contributed by atoms with van der Waals surface area (Å²) >= 11 is 5.96. The molecule has 0 bridgehead atoms. The number of methoxy groups -OCH3 is 1. The van der Waals surface area contributed by atoms with Crippen LogP contribution < -0.4 is 9.64 Å². The molecule has 9 heteroatoms. The number of hydrogen-bond acceptors (Lipinski definition) is 7. The lowest BCUT2D eigenvalue weighted by atomic mass is 10.1. The Morgan fingerprint density at radius 1 is 1.14 bits per heavy atom. The summed E-state index contributed by atoms with van der Waals surface area (Å²) in [6, 6.07) is 6.77. The molecule has 1 aromatic carbocycles. The number of halogens is 1. The number of amides is 1. The van der Waals surface area contributed by atoms with Crippen molar-refractivity contribution in [2.75, 3.05) is 44.8 Å². The predicted octanol–water partition coefficient (Wildman–Crippen LogP) is 1.57. The highest BCUT2D eigenvalue weighted by molar-refractivity contribution is 6.30. The highest BCUT2D eigenvalue weighted by Gasteiger charge is 2.23. The molecule has 1 aliphatic heterocycles. The van der Waals surface area contributed by atoms with Gasteiger partial charge in [0.25, 0.3) is 5.91 Å². The van der Waals surface area contributed by atoms with E-state index in [1.165, 1.54) is 7.11 Å². The topological polar surface area (TPSA) is 84.9 Å². The number of anilines is 1. The molecule has 148 valence electrons. The molecular formula is C19H21ClN4O4. The van der Waals surface area contributed by atoms with Crippen molar-refractivity contribution in [3.8, 4) is 5.75 Å². The molecule has 0 radical (unpaired) electrons. The molecule has 1 amide bonds. The molecule has 28 heavy (non-hydrogen) atoms. The molecule has 0 spiro atoms. The first-order valence-corrected chi connectivity index (χ1v) is 9.22. The average Bonchev–Trinajstić information content (AvgIpc) is 2.73. The average molecular weight is 405 g/mol. The van der Waals surface area contributed by atoms with Gasteiger partial charge in [0.2, 0.25) is 5.95 Å². The van der Waals surface area contributed by atoms with Crippen molar-refractivity contribution in [1.82, 2.24) is 14.9 Å². The summed E-state index contributed by atoms with van der Waals surface area (Å²) in [4.78, 5) is 36.5. The van der Waals surface area contributed by atoms with Gasteiger partial charge in [-0.1, -0.05) is 11.6 Å². The predicted molar refractivity (Wildman–Crippen MR) is 103 cm³/mol. The standard InChI is InChI=1S/C19H21ClN4O4/c1-27-16-4-3-15(20)11-14(16)12-18(26)28-13-17(25)23-7-9-24(10-8-23)19-21-5-2-6-22-19/h2-6,11H,7-10,12-13H2,1H3. The van der Waals surface area contributed by atoms with E-state index < -0.39 is 5.97 Å². The Bertz CT molecular complexity index is 826. The summed E-state index contributed by atoms with van der Waals surface area (Å²) < 4.78 is 10.4. The van der Waals surface area contributed by atoms with Gasteiger partial charge in [-0.05, 0) is 24.3 Å². The zero-order valence-corrected chi connectivity index (χ0v) is 16.3. The van der Waals surface area contributed by atoms with Gasteiger partial charge >= 0.3 is 5.97 Å². The molecule has 2 aromatic rings. The molecule has 1 fully saturated rings. The molecule has 0 unspecified atom stereocenters. The van der Waals surface area contributed by atoms with Gasteiger partial charge in [0.05, 0.1) is 13.5 Å². The van der Waals surface area contributed by atoms with Crippen LogP contribution in [0.2, 0.25) is 5.02 Å². The Balaban J connectivity index is 1.46. The Morgan fingerprint density at radius 3 is 2.54 bits per heavy atom. The Labute approximate surface area is 168 Å². The maximum absolute atomic E-state index is 12.3. The molecule has 0 saturated carbocycles. The third-order valence-corrected chi connectivity index (χ3v) is 4.64. The second-order valence-corrected chi connectivity index (χ2v) is 6.65. The van der Waals surface area contributed by atoms with Gasteiger partial charge in [-0.25, -0.2) is 9.97 Å². The van der Waals surface area contributed by atoms with Crippen LogP contribution in [0, 0.1) is 0 Å². The van der Waals surface area contributed by atoms with E-state index in [1.54, 1.807) is 41.6 Å². The summed E-state index contributed by atoms with van der Waals surface area (Å²) in [6.07, 6.45) is 3.36. The van der Waals surface area contributed by atoms with E-state index in [1.807, 2.05) is 4.90 Å². The highest BCUT2D eigenvalue weighted by atomic mass is 35.5. The molecule has 0 atom stereocenters. The first kappa shape index (κ1) is 19.9. The zero-order chi connectivity index (χ0) is 19.9. The number of rotatable bonds is 6. The van der Waals surface area contributed by atoms with E-state index in [9.17, 15) is 9.59 Å². The zero-order valence-electron chi connectivity index (χ0n) is 15.5. The van der Waals surface area contributed by atoms with Crippen molar-refractivity contribution in [3.05, 3.63) is 47.2 Å². The maximum atomic E-state index is 12.3. The van der Waals surface area contributed by atoms with E-state index in [0.717, 1.165) is 0 Å².